The number of piperidine rings is 1. The van der Waals surface area contributed by atoms with Crippen LogP contribution in [0.25, 0.3) is 0 Å². The molecule has 0 bridgehead atoms. The maximum absolute atomic E-state index is 12.5. The number of nitrogens with one attached hydrogen (secondary N) is 2. The molecule has 124 valence electrons. The third kappa shape index (κ3) is 3.55. The normalized spacial score (nSPS) is 24.0. The SMILES string of the molecule is Cc1cc(C)cc(NC(=O)C(=O)N2CCCC3(CCNC3)C2)c1. The quantitative estimate of drug-likeness (QED) is 0.778. The summed E-state index contributed by atoms with van der Waals surface area (Å²) in [6, 6.07) is 5.81. The molecule has 1 atom stereocenters. The van der Waals surface area contributed by atoms with Crippen LogP contribution in [0.15, 0.2) is 18.2 Å². The summed E-state index contributed by atoms with van der Waals surface area (Å²) in [6.45, 7) is 7.30. The highest BCUT2D eigenvalue weighted by atomic mass is 16.2. The van der Waals surface area contributed by atoms with Crippen molar-refractivity contribution in [2.75, 3.05) is 31.5 Å². The lowest BCUT2D eigenvalue weighted by Crippen LogP contribution is -2.50. The standard InChI is InChI=1S/C18H25N3O2/c1-13-8-14(2)10-15(9-13)20-16(22)17(23)21-7-3-4-18(12-21)5-6-19-11-18/h8-10,19H,3-7,11-12H2,1-2H3,(H,20,22). The van der Waals surface area contributed by atoms with Gasteiger partial charge in [0.05, 0.1) is 0 Å². The average molecular weight is 315 g/mol. The fraction of sp³-hybridized carbons (Fsp3) is 0.556. The summed E-state index contributed by atoms with van der Waals surface area (Å²) < 4.78 is 0. The first-order chi connectivity index (χ1) is 11.0. The number of aryl methyl sites for hydroxylation is 2. The summed E-state index contributed by atoms with van der Waals surface area (Å²) in [6.07, 6.45) is 3.21. The summed E-state index contributed by atoms with van der Waals surface area (Å²) in [5, 5.41) is 6.14. The number of benzene rings is 1. The molecular weight excluding hydrogens is 290 g/mol. The maximum atomic E-state index is 12.5. The second-order valence-electron chi connectivity index (χ2n) is 7.09. The van der Waals surface area contributed by atoms with Gasteiger partial charge in [0, 0.05) is 30.7 Å². The van der Waals surface area contributed by atoms with Crippen molar-refractivity contribution in [1.82, 2.24) is 10.2 Å². The molecular formula is C18H25N3O2. The number of carbonyl (C=O) groups is 2. The predicted molar refractivity (Wildman–Crippen MR) is 90.3 cm³/mol. The van der Waals surface area contributed by atoms with Crippen LogP contribution in [0.4, 0.5) is 5.69 Å². The van der Waals surface area contributed by atoms with Crippen molar-refractivity contribution in [3.05, 3.63) is 29.3 Å². The molecule has 2 aliphatic heterocycles. The van der Waals surface area contributed by atoms with Crippen LogP contribution >= 0.6 is 0 Å². The van der Waals surface area contributed by atoms with Crippen LogP contribution in [-0.2, 0) is 9.59 Å². The van der Waals surface area contributed by atoms with Gasteiger partial charge < -0.3 is 15.5 Å². The molecule has 2 N–H and O–H groups in total. The minimum atomic E-state index is -0.530. The van der Waals surface area contributed by atoms with Gasteiger partial charge in [0.25, 0.3) is 0 Å². The van der Waals surface area contributed by atoms with Crippen molar-refractivity contribution in [3.8, 4) is 0 Å². The molecule has 0 radical (unpaired) electrons. The lowest BCUT2D eigenvalue weighted by atomic mass is 9.79. The van der Waals surface area contributed by atoms with Crippen molar-refractivity contribution in [3.63, 3.8) is 0 Å². The van der Waals surface area contributed by atoms with E-state index in [-0.39, 0.29) is 5.41 Å². The Bertz CT molecular complexity index is 600. The molecule has 5 heteroatoms. The molecule has 1 spiro atoms. The average Bonchev–Trinajstić information content (AvgIpc) is 2.93. The van der Waals surface area contributed by atoms with Crippen LogP contribution in [-0.4, -0.2) is 42.9 Å². The number of hydrogen-bond acceptors (Lipinski definition) is 3. The zero-order valence-corrected chi connectivity index (χ0v) is 13.9. The predicted octanol–water partition coefficient (Wildman–Crippen LogP) is 1.84. The Morgan fingerprint density at radius 2 is 1.91 bits per heavy atom. The highest BCUT2D eigenvalue weighted by molar-refractivity contribution is 6.39. The van der Waals surface area contributed by atoms with Crippen molar-refractivity contribution in [2.24, 2.45) is 5.41 Å². The van der Waals surface area contributed by atoms with E-state index in [9.17, 15) is 9.59 Å². The number of amides is 2. The topological polar surface area (TPSA) is 61.4 Å². The Morgan fingerprint density at radius 1 is 1.17 bits per heavy atom. The summed E-state index contributed by atoms with van der Waals surface area (Å²) >= 11 is 0. The maximum Gasteiger partial charge on any atom is 0.313 e. The highest BCUT2D eigenvalue weighted by Crippen LogP contribution is 2.35. The van der Waals surface area contributed by atoms with E-state index in [2.05, 4.69) is 10.6 Å². The molecule has 2 saturated heterocycles. The van der Waals surface area contributed by atoms with Gasteiger partial charge in [-0.25, -0.2) is 0 Å². The van der Waals surface area contributed by atoms with Gasteiger partial charge in [-0.05, 0) is 62.9 Å². The third-order valence-corrected chi connectivity index (χ3v) is 4.95. The van der Waals surface area contributed by atoms with Gasteiger partial charge in [-0.3, -0.25) is 9.59 Å². The molecule has 2 heterocycles. The van der Waals surface area contributed by atoms with Crippen molar-refractivity contribution in [1.29, 1.82) is 0 Å². The molecule has 0 aliphatic carbocycles. The molecule has 5 nitrogen and oxygen atoms in total. The van der Waals surface area contributed by atoms with Gasteiger partial charge in [0.1, 0.15) is 0 Å². The first kappa shape index (κ1) is 16.0. The van der Waals surface area contributed by atoms with Gasteiger partial charge in [-0.15, -0.1) is 0 Å². The smallest absolute Gasteiger partial charge is 0.313 e. The van der Waals surface area contributed by atoms with E-state index in [4.69, 9.17) is 0 Å². The number of anilines is 1. The van der Waals surface area contributed by atoms with Crippen LogP contribution < -0.4 is 10.6 Å². The molecule has 0 saturated carbocycles. The first-order valence-corrected chi connectivity index (χ1v) is 8.37. The Kier molecular flexibility index (Phi) is 4.39. The van der Waals surface area contributed by atoms with Crippen LogP contribution in [0.2, 0.25) is 0 Å². The van der Waals surface area contributed by atoms with E-state index in [0.29, 0.717) is 18.8 Å². The third-order valence-electron chi connectivity index (χ3n) is 4.95. The Morgan fingerprint density at radius 3 is 2.57 bits per heavy atom. The molecule has 2 amide bonds. The van der Waals surface area contributed by atoms with E-state index >= 15 is 0 Å². The second kappa shape index (κ2) is 6.32. The van der Waals surface area contributed by atoms with Gasteiger partial charge in [-0.1, -0.05) is 6.07 Å². The van der Waals surface area contributed by atoms with Crippen molar-refractivity contribution >= 4 is 17.5 Å². The van der Waals surface area contributed by atoms with Gasteiger partial charge in [0.15, 0.2) is 0 Å². The number of hydrogen-bond donors (Lipinski definition) is 2. The molecule has 3 rings (SSSR count). The van der Waals surface area contributed by atoms with Crippen molar-refractivity contribution < 1.29 is 9.59 Å². The fourth-order valence-corrected chi connectivity index (χ4v) is 3.90. The summed E-state index contributed by atoms with van der Waals surface area (Å²) in [5.41, 5.74) is 3.01. The molecule has 1 aromatic rings. The lowest BCUT2D eigenvalue weighted by molar-refractivity contribution is -0.145. The van der Waals surface area contributed by atoms with E-state index < -0.39 is 11.8 Å². The molecule has 0 aromatic heterocycles. The van der Waals surface area contributed by atoms with Crippen molar-refractivity contribution in [2.45, 2.75) is 33.1 Å². The van der Waals surface area contributed by atoms with Gasteiger partial charge >= 0.3 is 11.8 Å². The largest absolute Gasteiger partial charge is 0.334 e. The zero-order chi connectivity index (χ0) is 16.4. The Balaban J connectivity index is 1.66. The first-order valence-electron chi connectivity index (χ1n) is 8.37. The zero-order valence-electron chi connectivity index (χ0n) is 13.9. The van der Waals surface area contributed by atoms with E-state index in [1.165, 1.54) is 0 Å². The number of nitrogens with zero attached hydrogens (tertiary/aromatic N) is 1. The summed E-state index contributed by atoms with van der Waals surface area (Å²) in [7, 11) is 0. The summed E-state index contributed by atoms with van der Waals surface area (Å²) in [4.78, 5) is 26.6. The fourth-order valence-electron chi connectivity index (χ4n) is 3.90. The molecule has 2 fully saturated rings. The van der Waals surface area contributed by atoms with E-state index in [1.807, 2.05) is 32.0 Å². The van der Waals surface area contributed by atoms with E-state index in [0.717, 1.165) is 43.5 Å². The molecule has 23 heavy (non-hydrogen) atoms. The number of likely N-dealkylation sites (tertiary alicyclic amines) is 1. The van der Waals surface area contributed by atoms with Crippen LogP contribution in [0.3, 0.4) is 0 Å². The van der Waals surface area contributed by atoms with Gasteiger partial charge in [-0.2, -0.15) is 0 Å². The lowest BCUT2D eigenvalue weighted by Gasteiger charge is -2.39. The second-order valence-corrected chi connectivity index (χ2v) is 7.09. The van der Waals surface area contributed by atoms with Crippen LogP contribution in [0.1, 0.15) is 30.4 Å². The highest BCUT2D eigenvalue weighted by Gasteiger charge is 2.40. The van der Waals surface area contributed by atoms with Crippen LogP contribution in [0.5, 0.6) is 0 Å². The van der Waals surface area contributed by atoms with Gasteiger partial charge in [0.2, 0.25) is 0 Å². The molecule has 2 aliphatic rings. The number of carbonyl (C=O) groups excluding carboxylic acids is 2. The Hall–Kier alpha value is -1.88. The minimum Gasteiger partial charge on any atom is -0.334 e. The summed E-state index contributed by atoms with van der Waals surface area (Å²) in [5.74, 6) is -0.937. The Labute approximate surface area is 137 Å². The minimum absolute atomic E-state index is 0.175. The number of rotatable bonds is 1. The molecule has 1 aromatic carbocycles. The van der Waals surface area contributed by atoms with Crippen LogP contribution in [0, 0.1) is 19.3 Å². The molecule has 1 unspecified atom stereocenters. The monoisotopic (exact) mass is 315 g/mol. The van der Waals surface area contributed by atoms with E-state index in [1.54, 1.807) is 4.90 Å².